The Morgan fingerprint density at radius 1 is 1.29 bits per heavy atom. The van der Waals surface area contributed by atoms with Crippen molar-refractivity contribution in [1.29, 1.82) is 0 Å². The summed E-state index contributed by atoms with van der Waals surface area (Å²) >= 11 is 5.96. The monoisotopic (exact) mass is 253 g/mol. The summed E-state index contributed by atoms with van der Waals surface area (Å²) in [4.78, 5) is 7.37. The molecule has 0 radical (unpaired) electrons. The number of aromatic nitrogens is 2. The maximum absolute atomic E-state index is 12.6. The van der Waals surface area contributed by atoms with Gasteiger partial charge in [0.2, 0.25) is 0 Å². The summed E-state index contributed by atoms with van der Waals surface area (Å²) in [6.07, 6.45) is 2.05. The van der Waals surface area contributed by atoms with E-state index in [1.165, 1.54) is 0 Å². The van der Waals surface area contributed by atoms with Crippen molar-refractivity contribution in [3.05, 3.63) is 47.0 Å². The minimum Gasteiger partial charge on any atom is -0.424 e. The van der Waals surface area contributed by atoms with Gasteiger partial charge in [-0.15, -0.1) is 0 Å². The topological polar surface area (TPSA) is 61.0 Å². The van der Waals surface area contributed by atoms with E-state index in [2.05, 4.69) is 9.97 Å². The fraction of sp³-hybridized carbons (Fsp3) is 0.0909. The van der Waals surface area contributed by atoms with Crippen molar-refractivity contribution in [1.82, 2.24) is 9.97 Å². The summed E-state index contributed by atoms with van der Waals surface area (Å²) < 4.78 is 18.0. The van der Waals surface area contributed by atoms with Crippen LogP contribution in [0.4, 0.5) is 4.39 Å². The van der Waals surface area contributed by atoms with Crippen molar-refractivity contribution in [2.45, 2.75) is 6.54 Å². The number of rotatable bonds is 3. The van der Waals surface area contributed by atoms with Gasteiger partial charge in [-0.3, -0.25) is 0 Å². The zero-order valence-electron chi connectivity index (χ0n) is 8.73. The van der Waals surface area contributed by atoms with Crippen LogP contribution in [0.25, 0.3) is 0 Å². The van der Waals surface area contributed by atoms with Gasteiger partial charge in [0.05, 0.1) is 12.4 Å². The predicted molar refractivity (Wildman–Crippen MR) is 61.4 cm³/mol. The number of halogens is 2. The van der Waals surface area contributed by atoms with Gasteiger partial charge >= 0.3 is 6.01 Å². The molecule has 1 aromatic heterocycles. The summed E-state index contributed by atoms with van der Waals surface area (Å²) in [5, 5.41) is 0.507. The van der Waals surface area contributed by atoms with Crippen molar-refractivity contribution in [2.75, 3.05) is 0 Å². The summed E-state index contributed by atoms with van der Waals surface area (Å²) in [6.45, 7) is 0.232. The molecule has 0 spiro atoms. The second-order valence-electron chi connectivity index (χ2n) is 3.21. The molecule has 0 saturated heterocycles. The van der Waals surface area contributed by atoms with Crippen LogP contribution in [-0.4, -0.2) is 9.97 Å². The van der Waals surface area contributed by atoms with Gasteiger partial charge in [0.25, 0.3) is 0 Å². The molecule has 6 heteroatoms. The van der Waals surface area contributed by atoms with E-state index >= 15 is 0 Å². The lowest BCUT2D eigenvalue weighted by molar-refractivity contribution is 0.431. The van der Waals surface area contributed by atoms with Crippen molar-refractivity contribution < 1.29 is 9.13 Å². The molecule has 1 heterocycles. The molecule has 0 saturated carbocycles. The fourth-order valence-electron chi connectivity index (χ4n) is 1.28. The van der Waals surface area contributed by atoms with E-state index < -0.39 is 5.82 Å². The highest BCUT2D eigenvalue weighted by atomic mass is 35.5. The highest BCUT2D eigenvalue weighted by molar-refractivity contribution is 6.31. The van der Waals surface area contributed by atoms with Crippen LogP contribution >= 0.6 is 11.6 Å². The van der Waals surface area contributed by atoms with Gasteiger partial charge in [-0.2, -0.15) is 0 Å². The van der Waals surface area contributed by atoms with Crippen molar-refractivity contribution >= 4 is 11.6 Å². The Morgan fingerprint density at radius 3 is 2.65 bits per heavy atom. The Hall–Kier alpha value is -1.72. The first kappa shape index (κ1) is 11.8. The summed E-state index contributed by atoms with van der Waals surface area (Å²) in [7, 11) is 0. The minimum absolute atomic E-state index is 0.0448. The minimum atomic E-state index is -0.525. The summed E-state index contributed by atoms with van der Waals surface area (Å²) in [6, 6.07) is 5.17. The predicted octanol–water partition coefficient (Wildman–Crippen LogP) is 2.52. The Morgan fingerprint density at radius 2 is 2.00 bits per heavy atom. The normalized spacial score (nSPS) is 10.3. The Balaban J connectivity index is 2.29. The van der Waals surface area contributed by atoms with Crippen LogP contribution in [0.3, 0.4) is 0 Å². The fourth-order valence-corrected chi connectivity index (χ4v) is 1.53. The molecule has 0 fully saturated rings. The van der Waals surface area contributed by atoms with Crippen molar-refractivity contribution in [3.63, 3.8) is 0 Å². The standard InChI is InChI=1S/C11H9ClFN3O/c12-9-2-1-3-10(8(9)4-14)17-11-15-5-7(13)6-16-11/h1-3,5-6H,4,14H2. The lowest BCUT2D eigenvalue weighted by Crippen LogP contribution is -2.01. The summed E-state index contributed by atoms with van der Waals surface area (Å²) in [5.41, 5.74) is 6.22. The average molecular weight is 254 g/mol. The van der Waals surface area contributed by atoms with Gasteiger partial charge in [0.15, 0.2) is 5.82 Å². The second kappa shape index (κ2) is 5.07. The quantitative estimate of drug-likeness (QED) is 0.913. The van der Waals surface area contributed by atoms with Gasteiger partial charge in [0, 0.05) is 17.1 Å². The van der Waals surface area contributed by atoms with Crippen LogP contribution in [0.1, 0.15) is 5.56 Å². The van der Waals surface area contributed by atoms with E-state index in [9.17, 15) is 4.39 Å². The molecule has 17 heavy (non-hydrogen) atoms. The molecule has 2 rings (SSSR count). The van der Waals surface area contributed by atoms with Crippen LogP contribution in [0.5, 0.6) is 11.8 Å². The van der Waals surface area contributed by atoms with Crippen molar-refractivity contribution in [2.24, 2.45) is 5.73 Å². The highest BCUT2D eigenvalue weighted by Gasteiger charge is 2.08. The van der Waals surface area contributed by atoms with Gasteiger partial charge < -0.3 is 10.5 Å². The van der Waals surface area contributed by atoms with Gasteiger partial charge in [-0.1, -0.05) is 17.7 Å². The van der Waals surface area contributed by atoms with Gasteiger partial charge in [-0.25, -0.2) is 14.4 Å². The molecule has 0 amide bonds. The van der Waals surface area contributed by atoms with Gasteiger partial charge in [-0.05, 0) is 12.1 Å². The van der Waals surface area contributed by atoms with E-state index in [4.69, 9.17) is 22.1 Å². The maximum atomic E-state index is 12.6. The molecule has 0 unspecified atom stereocenters. The molecule has 0 aliphatic heterocycles. The Bertz CT molecular complexity index is 519. The zero-order chi connectivity index (χ0) is 12.3. The lowest BCUT2D eigenvalue weighted by atomic mass is 10.2. The van der Waals surface area contributed by atoms with Gasteiger partial charge in [0.1, 0.15) is 5.75 Å². The first-order chi connectivity index (χ1) is 8.20. The van der Waals surface area contributed by atoms with Crippen molar-refractivity contribution in [3.8, 4) is 11.8 Å². The first-order valence-electron chi connectivity index (χ1n) is 4.83. The smallest absolute Gasteiger partial charge is 0.322 e. The maximum Gasteiger partial charge on any atom is 0.322 e. The third-order valence-corrected chi connectivity index (χ3v) is 2.43. The number of ether oxygens (including phenoxy) is 1. The number of benzene rings is 1. The highest BCUT2D eigenvalue weighted by Crippen LogP contribution is 2.28. The second-order valence-corrected chi connectivity index (χ2v) is 3.61. The molecular formula is C11H9ClFN3O. The van der Waals surface area contributed by atoms with Crippen LogP contribution in [0.2, 0.25) is 5.02 Å². The molecule has 0 atom stereocenters. The molecular weight excluding hydrogens is 245 g/mol. The van der Waals surface area contributed by atoms with E-state index in [1.807, 2.05) is 0 Å². The van der Waals surface area contributed by atoms with E-state index in [0.717, 1.165) is 12.4 Å². The zero-order valence-corrected chi connectivity index (χ0v) is 9.49. The Kier molecular flexibility index (Phi) is 3.51. The number of nitrogens with two attached hydrogens (primary N) is 1. The largest absolute Gasteiger partial charge is 0.424 e. The third kappa shape index (κ3) is 2.69. The number of hydrogen-bond donors (Lipinski definition) is 1. The SMILES string of the molecule is NCc1c(Cl)cccc1Oc1ncc(F)cn1. The molecule has 0 aliphatic rings. The summed E-state index contributed by atoms with van der Waals surface area (Å²) in [5.74, 6) is -0.0610. The molecule has 1 aromatic carbocycles. The molecule has 2 N–H and O–H groups in total. The van der Waals surface area contributed by atoms with Crippen LogP contribution in [0.15, 0.2) is 30.6 Å². The van der Waals surface area contributed by atoms with Crippen LogP contribution in [-0.2, 0) is 6.54 Å². The number of nitrogens with zero attached hydrogens (tertiary/aromatic N) is 2. The van der Waals surface area contributed by atoms with Crippen LogP contribution in [0, 0.1) is 5.82 Å². The molecule has 4 nitrogen and oxygen atoms in total. The first-order valence-corrected chi connectivity index (χ1v) is 5.21. The lowest BCUT2D eigenvalue weighted by Gasteiger charge is -2.09. The van der Waals surface area contributed by atoms with E-state index in [1.54, 1.807) is 18.2 Å². The van der Waals surface area contributed by atoms with E-state index in [0.29, 0.717) is 16.3 Å². The number of hydrogen-bond acceptors (Lipinski definition) is 4. The van der Waals surface area contributed by atoms with E-state index in [-0.39, 0.29) is 12.6 Å². The molecule has 2 aromatic rings. The Labute approximate surface area is 102 Å². The molecule has 88 valence electrons. The molecule has 0 aliphatic carbocycles. The van der Waals surface area contributed by atoms with Crippen LogP contribution < -0.4 is 10.5 Å². The average Bonchev–Trinajstić information content (AvgIpc) is 2.32. The third-order valence-electron chi connectivity index (χ3n) is 2.08. The molecule has 0 bridgehead atoms.